The molecule has 0 aliphatic heterocycles. The number of ether oxygens (including phenoxy) is 1. The van der Waals surface area contributed by atoms with Crippen molar-refractivity contribution in [1.82, 2.24) is 5.32 Å². The fourth-order valence-electron chi connectivity index (χ4n) is 1.51. The maximum Gasteiger partial charge on any atom is 0.416 e. The monoisotopic (exact) mass is 295 g/mol. The van der Waals surface area contributed by atoms with E-state index in [-0.39, 0.29) is 16.7 Å². The number of rotatable bonds is 6. The van der Waals surface area contributed by atoms with Gasteiger partial charge in [-0.15, -0.1) is 0 Å². The summed E-state index contributed by atoms with van der Waals surface area (Å²) < 4.78 is 54.6. The van der Waals surface area contributed by atoms with Crippen molar-refractivity contribution in [2.75, 3.05) is 26.5 Å². The number of alkyl halides is 3. The molecule has 0 saturated heterocycles. The van der Waals surface area contributed by atoms with Gasteiger partial charge in [-0.3, -0.25) is 4.21 Å². The first-order valence-electron chi connectivity index (χ1n) is 5.60. The Bertz CT molecular complexity index is 437. The molecule has 2 atom stereocenters. The van der Waals surface area contributed by atoms with Gasteiger partial charge in [0.15, 0.2) is 0 Å². The van der Waals surface area contributed by atoms with Crippen molar-refractivity contribution in [3.8, 4) is 0 Å². The molecule has 0 amide bonds. The highest BCUT2D eigenvalue weighted by molar-refractivity contribution is 7.85. The predicted octanol–water partition coefficient (Wildman–Crippen LogP) is 2.05. The summed E-state index contributed by atoms with van der Waals surface area (Å²) in [6, 6.07) is 4.42. The molecule has 0 fully saturated rings. The molecule has 1 aromatic carbocycles. The zero-order valence-corrected chi connectivity index (χ0v) is 11.5. The van der Waals surface area contributed by atoms with E-state index in [1.54, 1.807) is 7.05 Å². The van der Waals surface area contributed by atoms with Crippen molar-refractivity contribution < 1.29 is 22.1 Å². The van der Waals surface area contributed by atoms with Gasteiger partial charge < -0.3 is 10.1 Å². The molecule has 0 aromatic heterocycles. The number of methoxy groups -OCH3 is 1. The van der Waals surface area contributed by atoms with E-state index in [2.05, 4.69) is 5.32 Å². The summed E-state index contributed by atoms with van der Waals surface area (Å²) in [7, 11) is 1.70. The van der Waals surface area contributed by atoms with Gasteiger partial charge in [0.1, 0.15) is 0 Å². The predicted molar refractivity (Wildman–Crippen MR) is 67.4 cm³/mol. The maximum absolute atomic E-state index is 12.5. The number of nitrogens with one attached hydrogen (secondary N) is 1. The van der Waals surface area contributed by atoms with Crippen molar-refractivity contribution >= 4 is 10.8 Å². The van der Waals surface area contributed by atoms with E-state index in [0.717, 1.165) is 12.1 Å². The number of hydrogen-bond donors (Lipinski definition) is 1. The molecular formula is C12H16F3NO2S. The lowest BCUT2D eigenvalue weighted by Gasteiger charge is -2.15. The topological polar surface area (TPSA) is 38.3 Å². The molecule has 108 valence electrons. The second-order valence-corrected chi connectivity index (χ2v) is 5.47. The molecule has 0 heterocycles. The highest BCUT2D eigenvalue weighted by Crippen LogP contribution is 2.30. The van der Waals surface area contributed by atoms with Crippen LogP contribution in [0.5, 0.6) is 0 Å². The van der Waals surface area contributed by atoms with Crippen molar-refractivity contribution in [1.29, 1.82) is 0 Å². The van der Waals surface area contributed by atoms with Crippen LogP contribution in [-0.2, 0) is 21.7 Å². The van der Waals surface area contributed by atoms with Crippen LogP contribution in [0, 0.1) is 0 Å². The lowest BCUT2D eigenvalue weighted by Crippen LogP contribution is -2.35. The fraction of sp³-hybridized carbons (Fsp3) is 0.500. The van der Waals surface area contributed by atoms with Crippen molar-refractivity contribution in [2.24, 2.45) is 0 Å². The molecule has 0 aliphatic rings. The third-order valence-electron chi connectivity index (χ3n) is 2.55. The van der Waals surface area contributed by atoms with E-state index >= 15 is 0 Å². The van der Waals surface area contributed by atoms with Crippen LogP contribution < -0.4 is 5.32 Å². The summed E-state index contributed by atoms with van der Waals surface area (Å²) >= 11 is 0. The molecular weight excluding hydrogens is 279 g/mol. The molecule has 2 unspecified atom stereocenters. The van der Waals surface area contributed by atoms with Crippen LogP contribution in [0.2, 0.25) is 0 Å². The van der Waals surface area contributed by atoms with E-state index in [1.807, 2.05) is 0 Å². The molecule has 0 bridgehead atoms. The minimum atomic E-state index is -4.42. The first-order chi connectivity index (χ1) is 8.88. The minimum Gasteiger partial charge on any atom is -0.383 e. The van der Waals surface area contributed by atoms with Crippen LogP contribution in [-0.4, -0.2) is 36.8 Å². The van der Waals surface area contributed by atoms with Crippen LogP contribution in [0.15, 0.2) is 29.2 Å². The van der Waals surface area contributed by atoms with Gasteiger partial charge in [-0.05, 0) is 25.2 Å². The fourth-order valence-corrected chi connectivity index (χ4v) is 2.82. The van der Waals surface area contributed by atoms with Gasteiger partial charge in [0, 0.05) is 23.8 Å². The Morgan fingerprint density at radius 3 is 2.63 bits per heavy atom. The lowest BCUT2D eigenvalue weighted by atomic mass is 10.2. The number of likely N-dealkylation sites (N-methyl/N-ethyl adjacent to an activating group) is 1. The highest BCUT2D eigenvalue weighted by atomic mass is 32.2. The molecule has 1 rings (SSSR count). The molecule has 1 N–H and O–H groups in total. The van der Waals surface area contributed by atoms with Gasteiger partial charge >= 0.3 is 6.18 Å². The van der Waals surface area contributed by atoms with E-state index in [9.17, 15) is 17.4 Å². The van der Waals surface area contributed by atoms with Gasteiger partial charge in [0.05, 0.1) is 23.0 Å². The van der Waals surface area contributed by atoms with E-state index in [4.69, 9.17) is 4.74 Å². The molecule has 19 heavy (non-hydrogen) atoms. The Morgan fingerprint density at radius 1 is 1.42 bits per heavy atom. The highest BCUT2D eigenvalue weighted by Gasteiger charge is 2.30. The Morgan fingerprint density at radius 2 is 2.11 bits per heavy atom. The first kappa shape index (κ1) is 16.1. The third kappa shape index (κ3) is 4.93. The quantitative estimate of drug-likeness (QED) is 0.873. The van der Waals surface area contributed by atoms with Crippen LogP contribution in [0.25, 0.3) is 0 Å². The normalized spacial score (nSPS) is 15.2. The number of benzene rings is 1. The SMILES string of the molecule is CNC(COC)CS(=O)c1cccc(C(F)(F)F)c1. The second-order valence-electron chi connectivity index (χ2n) is 3.98. The van der Waals surface area contributed by atoms with Crippen molar-refractivity contribution in [2.45, 2.75) is 17.1 Å². The zero-order valence-electron chi connectivity index (χ0n) is 10.7. The lowest BCUT2D eigenvalue weighted by molar-refractivity contribution is -0.137. The average molecular weight is 295 g/mol. The Hall–Kier alpha value is -0.920. The smallest absolute Gasteiger partial charge is 0.383 e. The third-order valence-corrected chi connectivity index (χ3v) is 4.04. The summed E-state index contributed by atoms with van der Waals surface area (Å²) in [6.07, 6.45) is -4.42. The molecule has 3 nitrogen and oxygen atoms in total. The standard InChI is InChI=1S/C12H16F3NO2S/c1-16-10(7-18-2)8-19(17)11-5-3-4-9(6-11)12(13,14)15/h3-6,10,16H,7-8H2,1-2H3. The largest absolute Gasteiger partial charge is 0.416 e. The summed E-state index contributed by atoms with van der Waals surface area (Å²) in [5.74, 6) is 0.200. The molecule has 0 radical (unpaired) electrons. The molecule has 7 heteroatoms. The van der Waals surface area contributed by atoms with Crippen LogP contribution in [0.4, 0.5) is 13.2 Å². The Labute approximate surface area is 112 Å². The molecule has 0 aliphatic carbocycles. The Kier molecular flexibility index (Phi) is 5.96. The molecule has 1 aromatic rings. The van der Waals surface area contributed by atoms with Crippen LogP contribution in [0.3, 0.4) is 0 Å². The number of hydrogen-bond acceptors (Lipinski definition) is 3. The van der Waals surface area contributed by atoms with Crippen molar-refractivity contribution in [3.63, 3.8) is 0 Å². The van der Waals surface area contributed by atoms with Gasteiger partial charge in [-0.1, -0.05) is 6.07 Å². The van der Waals surface area contributed by atoms with E-state index in [0.29, 0.717) is 6.61 Å². The van der Waals surface area contributed by atoms with Crippen LogP contribution in [0.1, 0.15) is 5.56 Å². The van der Waals surface area contributed by atoms with E-state index < -0.39 is 22.5 Å². The second kappa shape index (κ2) is 7.02. The van der Waals surface area contributed by atoms with E-state index in [1.165, 1.54) is 19.2 Å². The van der Waals surface area contributed by atoms with Gasteiger partial charge in [0.2, 0.25) is 0 Å². The summed E-state index contributed by atoms with van der Waals surface area (Å²) in [5, 5.41) is 2.91. The minimum absolute atomic E-state index is 0.166. The van der Waals surface area contributed by atoms with Gasteiger partial charge in [0.25, 0.3) is 0 Å². The summed E-state index contributed by atoms with van der Waals surface area (Å²) in [4.78, 5) is 0.172. The van der Waals surface area contributed by atoms with Gasteiger partial charge in [-0.2, -0.15) is 13.2 Å². The molecule has 0 spiro atoms. The Balaban J connectivity index is 2.82. The number of halogens is 3. The average Bonchev–Trinajstić information content (AvgIpc) is 2.37. The van der Waals surface area contributed by atoms with Crippen LogP contribution >= 0.6 is 0 Å². The summed E-state index contributed by atoms with van der Waals surface area (Å²) in [5.41, 5.74) is -0.786. The summed E-state index contributed by atoms with van der Waals surface area (Å²) in [6.45, 7) is 0.348. The van der Waals surface area contributed by atoms with Gasteiger partial charge in [-0.25, -0.2) is 0 Å². The first-order valence-corrected chi connectivity index (χ1v) is 6.92. The molecule has 0 saturated carbocycles. The van der Waals surface area contributed by atoms with Crippen molar-refractivity contribution in [3.05, 3.63) is 29.8 Å². The zero-order chi connectivity index (χ0) is 14.5. The maximum atomic E-state index is 12.5.